The van der Waals surface area contributed by atoms with Crippen LogP contribution in [-0.4, -0.2) is 51.7 Å². The van der Waals surface area contributed by atoms with E-state index in [4.69, 9.17) is 20.8 Å². The molecule has 3 heterocycles. The van der Waals surface area contributed by atoms with E-state index in [9.17, 15) is 4.79 Å². The lowest BCUT2D eigenvalue weighted by Gasteiger charge is -2.34. The van der Waals surface area contributed by atoms with E-state index in [-0.39, 0.29) is 12.5 Å². The van der Waals surface area contributed by atoms with Gasteiger partial charge in [0, 0.05) is 51.5 Å². The van der Waals surface area contributed by atoms with Crippen molar-refractivity contribution in [3.63, 3.8) is 0 Å². The van der Waals surface area contributed by atoms with E-state index in [0.717, 1.165) is 30.9 Å². The van der Waals surface area contributed by atoms with Crippen molar-refractivity contribution in [2.24, 2.45) is 7.05 Å². The number of carbonyl (C=O) groups excluding carboxylic acids is 1. The van der Waals surface area contributed by atoms with Crippen molar-refractivity contribution in [2.45, 2.75) is 27.0 Å². The summed E-state index contributed by atoms with van der Waals surface area (Å²) in [7, 11) is 1.94. The molecule has 164 valence electrons. The normalized spacial score (nSPS) is 14.8. The number of benzene rings is 1. The van der Waals surface area contributed by atoms with E-state index in [0.29, 0.717) is 35.4 Å². The molecule has 4 rings (SSSR count). The summed E-state index contributed by atoms with van der Waals surface area (Å²) in [5.41, 5.74) is 3.24. The van der Waals surface area contributed by atoms with Crippen LogP contribution in [-0.2, 0) is 20.2 Å². The van der Waals surface area contributed by atoms with Gasteiger partial charge in [-0.05, 0) is 37.6 Å². The highest BCUT2D eigenvalue weighted by atomic mass is 35.5. The van der Waals surface area contributed by atoms with Crippen LogP contribution in [0.5, 0.6) is 5.75 Å². The van der Waals surface area contributed by atoms with Crippen molar-refractivity contribution in [3.05, 3.63) is 69.9 Å². The third-order valence-corrected chi connectivity index (χ3v) is 5.86. The maximum absolute atomic E-state index is 12.9. The molecule has 1 saturated heterocycles. The van der Waals surface area contributed by atoms with E-state index < -0.39 is 0 Å². The highest BCUT2D eigenvalue weighted by molar-refractivity contribution is 6.32. The van der Waals surface area contributed by atoms with Crippen LogP contribution in [0.3, 0.4) is 0 Å². The monoisotopic (exact) mass is 442 g/mol. The fraction of sp³-hybridized carbons (Fsp3) is 0.391. The Bertz CT molecular complexity index is 1050. The minimum Gasteiger partial charge on any atom is -0.484 e. The molecule has 7 nitrogen and oxygen atoms in total. The molecule has 0 aliphatic carbocycles. The Balaban J connectivity index is 1.30. The van der Waals surface area contributed by atoms with Crippen molar-refractivity contribution in [1.29, 1.82) is 0 Å². The molecule has 1 aliphatic rings. The molecular formula is C23H27ClN4O3. The van der Waals surface area contributed by atoms with Gasteiger partial charge in [0.15, 0.2) is 5.76 Å². The summed E-state index contributed by atoms with van der Waals surface area (Å²) in [5.74, 6) is 1.48. The molecule has 0 bridgehead atoms. The Labute approximate surface area is 187 Å². The highest BCUT2D eigenvalue weighted by Gasteiger charge is 2.25. The molecule has 1 amide bonds. The summed E-state index contributed by atoms with van der Waals surface area (Å²) in [6.45, 7) is 8.02. The number of halogens is 1. The number of aryl methyl sites for hydroxylation is 3. The van der Waals surface area contributed by atoms with Gasteiger partial charge in [-0.15, -0.1) is 0 Å². The van der Waals surface area contributed by atoms with Crippen molar-refractivity contribution in [1.82, 2.24) is 19.6 Å². The number of nitrogens with zero attached hydrogens (tertiary/aromatic N) is 4. The minimum absolute atomic E-state index is 0.0858. The molecular weight excluding hydrogens is 416 g/mol. The Kier molecular flexibility index (Phi) is 6.34. The van der Waals surface area contributed by atoms with Crippen LogP contribution in [0, 0.1) is 13.8 Å². The predicted octanol–water partition coefficient (Wildman–Crippen LogP) is 3.82. The zero-order valence-corrected chi connectivity index (χ0v) is 18.9. The van der Waals surface area contributed by atoms with Crippen LogP contribution in [0.2, 0.25) is 5.02 Å². The zero-order chi connectivity index (χ0) is 22.0. The fourth-order valence-electron chi connectivity index (χ4n) is 3.82. The number of amides is 1. The summed E-state index contributed by atoms with van der Waals surface area (Å²) in [5, 5.41) is 4.96. The Morgan fingerprint density at radius 2 is 1.94 bits per heavy atom. The third-order valence-electron chi connectivity index (χ3n) is 5.56. The second-order valence-electron chi connectivity index (χ2n) is 7.92. The summed E-state index contributed by atoms with van der Waals surface area (Å²) < 4.78 is 13.4. The van der Waals surface area contributed by atoms with Gasteiger partial charge in [0.2, 0.25) is 0 Å². The molecule has 0 N–H and O–H groups in total. The van der Waals surface area contributed by atoms with Gasteiger partial charge in [-0.2, -0.15) is 5.10 Å². The quantitative estimate of drug-likeness (QED) is 0.580. The number of carbonyl (C=O) groups is 1. The third kappa shape index (κ3) is 4.94. The first-order valence-electron chi connectivity index (χ1n) is 10.4. The van der Waals surface area contributed by atoms with Gasteiger partial charge in [0.1, 0.15) is 18.1 Å². The molecule has 1 fully saturated rings. The molecule has 0 unspecified atom stereocenters. The molecule has 1 aliphatic heterocycles. The number of piperazine rings is 1. The van der Waals surface area contributed by atoms with Crippen LogP contribution in [0.4, 0.5) is 0 Å². The second-order valence-corrected chi connectivity index (χ2v) is 8.33. The summed E-state index contributed by atoms with van der Waals surface area (Å²) >= 11 is 6.20. The molecule has 31 heavy (non-hydrogen) atoms. The molecule has 1 aromatic carbocycles. The standard InChI is InChI=1S/C23H27ClN4O3/c1-16-5-4-6-20(24)22(16)30-15-19-7-8-21(31-19)23(29)28-11-9-27(10-12-28)14-18-13-26(3)25-17(18)2/h4-8,13H,9-12,14-15H2,1-3H3. The first-order chi connectivity index (χ1) is 14.9. The first kappa shape index (κ1) is 21.5. The summed E-state index contributed by atoms with van der Waals surface area (Å²) in [6.07, 6.45) is 2.06. The largest absolute Gasteiger partial charge is 0.484 e. The van der Waals surface area contributed by atoms with Crippen LogP contribution < -0.4 is 4.74 Å². The van der Waals surface area contributed by atoms with Gasteiger partial charge >= 0.3 is 0 Å². The number of furan rings is 1. The average molecular weight is 443 g/mol. The molecule has 3 aromatic rings. The predicted molar refractivity (Wildman–Crippen MR) is 118 cm³/mol. The van der Waals surface area contributed by atoms with E-state index in [2.05, 4.69) is 16.2 Å². The van der Waals surface area contributed by atoms with E-state index in [1.54, 1.807) is 18.2 Å². The van der Waals surface area contributed by atoms with Crippen LogP contribution >= 0.6 is 11.6 Å². The smallest absolute Gasteiger partial charge is 0.289 e. The highest BCUT2D eigenvalue weighted by Crippen LogP contribution is 2.29. The molecule has 0 spiro atoms. The molecule has 0 saturated carbocycles. The fourth-order valence-corrected chi connectivity index (χ4v) is 4.10. The average Bonchev–Trinajstić information content (AvgIpc) is 3.34. The van der Waals surface area contributed by atoms with Crippen LogP contribution in [0.25, 0.3) is 0 Å². The summed E-state index contributed by atoms with van der Waals surface area (Å²) in [4.78, 5) is 17.0. The van der Waals surface area contributed by atoms with E-state index in [1.807, 2.05) is 42.6 Å². The van der Waals surface area contributed by atoms with Crippen molar-refractivity contribution < 1.29 is 13.9 Å². The van der Waals surface area contributed by atoms with Crippen molar-refractivity contribution >= 4 is 17.5 Å². The van der Waals surface area contributed by atoms with Crippen LogP contribution in [0.1, 0.15) is 33.1 Å². The second kappa shape index (κ2) is 9.16. The zero-order valence-electron chi connectivity index (χ0n) is 18.1. The summed E-state index contributed by atoms with van der Waals surface area (Å²) in [6, 6.07) is 9.10. The Morgan fingerprint density at radius 1 is 1.16 bits per heavy atom. The number of para-hydroxylation sites is 1. The lowest BCUT2D eigenvalue weighted by Crippen LogP contribution is -2.48. The first-order valence-corrected chi connectivity index (χ1v) is 10.8. The maximum atomic E-state index is 12.9. The van der Waals surface area contributed by atoms with Gasteiger partial charge in [-0.1, -0.05) is 23.7 Å². The molecule has 0 atom stereocenters. The lowest BCUT2D eigenvalue weighted by atomic mass is 10.2. The molecule has 2 aromatic heterocycles. The van der Waals surface area contributed by atoms with Crippen molar-refractivity contribution in [3.8, 4) is 5.75 Å². The van der Waals surface area contributed by atoms with Gasteiger partial charge in [0.25, 0.3) is 5.91 Å². The molecule has 0 radical (unpaired) electrons. The Morgan fingerprint density at radius 3 is 2.61 bits per heavy atom. The lowest BCUT2D eigenvalue weighted by molar-refractivity contribution is 0.0594. The maximum Gasteiger partial charge on any atom is 0.289 e. The molecule has 8 heteroatoms. The van der Waals surface area contributed by atoms with Crippen LogP contribution in [0.15, 0.2) is 40.9 Å². The SMILES string of the molecule is Cc1cccc(Cl)c1OCc1ccc(C(=O)N2CCN(Cc3cn(C)nc3C)CC2)o1. The van der Waals surface area contributed by atoms with Gasteiger partial charge in [0.05, 0.1) is 10.7 Å². The Hall–Kier alpha value is -2.77. The van der Waals surface area contributed by atoms with Gasteiger partial charge in [-0.25, -0.2) is 0 Å². The van der Waals surface area contributed by atoms with Gasteiger partial charge in [-0.3, -0.25) is 14.4 Å². The number of ether oxygens (including phenoxy) is 1. The minimum atomic E-state index is -0.0858. The number of hydrogen-bond acceptors (Lipinski definition) is 5. The number of hydrogen-bond donors (Lipinski definition) is 0. The number of aromatic nitrogens is 2. The topological polar surface area (TPSA) is 63.7 Å². The van der Waals surface area contributed by atoms with E-state index >= 15 is 0 Å². The van der Waals surface area contributed by atoms with Gasteiger partial charge < -0.3 is 14.1 Å². The number of rotatable bonds is 6. The van der Waals surface area contributed by atoms with Crippen molar-refractivity contribution in [2.75, 3.05) is 26.2 Å². The van der Waals surface area contributed by atoms with E-state index in [1.165, 1.54) is 5.56 Å².